The van der Waals surface area contributed by atoms with E-state index in [0.29, 0.717) is 18.1 Å². The van der Waals surface area contributed by atoms with Crippen LogP contribution in [0.25, 0.3) is 21.9 Å². The molecule has 2 N–H and O–H groups in total. The fraction of sp³-hybridized carbons (Fsp3) is 0.0417. The average molecular weight is 390 g/mol. The van der Waals surface area contributed by atoms with Crippen LogP contribution in [0, 0.1) is 11.3 Å². The number of aromatic nitrogens is 3. The molecule has 0 bridgehead atoms. The maximum atomic E-state index is 9.39. The lowest BCUT2D eigenvalue weighted by Crippen LogP contribution is -2.00. The molecule has 5 aromatic rings. The molecule has 0 saturated heterocycles. The van der Waals surface area contributed by atoms with Crippen LogP contribution in [0.2, 0.25) is 0 Å². The Balaban J connectivity index is 1.44. The molecule has 0 unspecified atom stereocenters. The maximum absolute atomic E-state index is 9.39. The summed E-state index contributed by atoms with van der Waals surface area (Å²) in [5, 5.41) is 14.9. The first kappa shape index (κ1) is 17.7. The van der Waals surface area contributed by atoms with Gasteiger partial charge in [-0.3, -0.25) is 0 Å². The number of para-hydroxylation sites is 3. The Hall–Kier alpha value is -4.37. The van der Waals surface area contributed by atoms with E-state index in [4.69, 9.17) is 0 Å². The van der Waals surface area contributed by atoms with Gasteiger partial charge in [-0.25, -0.2) is 10.4 Å². The predicted molar refractivity (Wildman–Crippen MR) is 120 cm³/mol. The summed E-state index contributed by atoms with van der Waals surface area (Å²) in [4.78, 5) is 7.67. The van der Waals surface area contributed by atoms with Gasteiger partial charge < -0.3 is 9.55 Å². The van der Waals surface area contributed by atoms with Crippen LogP contribution >= 0.6 is 0 Å². The number of hydrogen-bond acceptors (Lipinski definition) is 4. The molecule has 0 saturated carbocycles. The van der Waals surface area contributed by atoms with Crippen LogP contribution in [-0.4, -0.2) is 20.7 Å². The number of hydrogen-bond donors (Lipinski definition) is 2. The average Bonchev–Trinajstić information content (AvgIpc) is 3.36. The zero-order valence-electron chi connectivity index (χ0n) is 16.1. The molecule has 0 fully saturated rings. The van der Waals surface area contributed by atoms with Crippen LogP contribution < -0.4 is 5.43 Å². The summed E-state index contributed by atoms with van der Waals surface area (Å²) < 4.78 is 2.15. The van der Waals surface area contributed by atoms with E-state index < -0.39 is 0 Å². The minimum Gasteiger partial charge on any atom is -0.342 e. The highest BCUT2D eigenvalue weighted by Crippen LogP contribution is 2.22. The number of H-pyrrole nitrogens is 1. The number of hydrazone groups is 1. The molecule has 0 radical (unpaired) electrons. The van der Waals surface area contributed by atoms with E-state index in [0.717, 1.165) is 33.1 Å². The van der Waals surface area contributed by atoms with Crippen molar-refractivity contribution in [3.05, 3.63) is 95.7 Å². The number of anilines is 1. The van der Waals surface area contributed by atoms with Gasteiger partial charge in [0.25, 0.3) is 0 Å². The summed E-state index contributed by atoms with van der Waals surface area (Å²) in [5.41, 5.74) is 8.59. The van der Waals surface area contributed by atoms with E-state index in [2.05, 4.69) is 49.5 Å². The second-order valence-electron chi connectivity index (χ2n) is 6.97. The van der Waals surface area contributed by atoms with Crippen molar-refractivity contribution in [1.82, 2.24) is 14.5 Å². The minimum absolute atomic E-state index is 0.596. The van der Waals surface area contributed by atoms with Crippen LogP contribution in [0.4, 0.5) is 5.95 Å². The molecular formula is C24H18N6. The van der Waals surface area contributed by atoms with Crippen molar-refractivity contribution in [1.29, 1.82) is 5.26 Å². The van der Waals surface area contributed by atoms with Gasteiger partial charge in [-0.1, -0.05) is 48.5 Å². The summed E-state index contributed by atoms with van der Waals surface area (Å²) in [6.07, 6.45) is 3.85. The lowest BCUT2D eigenvalue weighted by molar-refractivity contribution is 0.834. The number of nitrogens with zero attached hydrogens (tertiary/aromatic N) is 4. The van der Waals surface area contributed by atoms with Crippen LogP contribution in [-0.2, 0) is 6.54 Å². The van der Waals surface area contributed by atoms with Crippen molar-refractivity contribution in [2.75, 3.05) is 5.43 Å². The highest BCUT2D eigenvalue weighted by atomic mass is 15.3. The molecule has 0 amide bonds. The Morgan fingerprint density at radius 2 is 1.83 bits per heavy atom. The summed E-state index contributed by atoms with van der Waals surface area (Å²) in [5.74, 6) is 0.596. The van der Waals surface area contributed by atoms with Gasteiger partial charge in [0, 0.05) is 29.2 Å². The molecule has 0 aliphatic rings. The Bertz CT molecular complexity index is 1380. The number of rotatable bonds is 5. The zero-order valence-corrected chi connectivity index (χ0v) is 16.1. The maximum Gasteiger partial charge on any atom is 0.222 e. The van der Waals surface area contributed by atoms with E-state index in [1.807, 2.05) is 60.7 Å². The van der Waals surface area contributed by atoms with E-state index in [1.165, 1.54) is 0 Å². The van der Waals surface area contributed by atoms with Crippen LogP contribution in [0.15, 0.2) is 84.1 Å². The lowest BCUT2D eigenvalue weighted by Gasteiger charge is -2.07. The number of aromatic amines is 1. The fourth-order valence-electron chi connectivity index (χ4n) is 3.63. The first-order chi connectivity index (χ1) is 14.8. The first-order valence-corrected chi connectivity index (χ1v) is 9.61. The minimum atomic E-state index is 0.596. The van der Waals surface area contributed by atoms with Crippen molar-refractivity contribution in [2.45, 2.75) is 6.54 Å². The molecule has 6 nitrogen and oxygen atoms in total. The fourth-order valence-corrected chi connectivity index (χ4v) is 3.63. The van der Waals surface area contributed by atoms with Crippen molar-refractivity contribution < 1.29 is 0 Å². The Morgan fingerprint density at radius 3 is 2.73 bits per heavy atom. The standard InChI is InChI=1S/C24H18N6/c25-13-17-7-1-2-8-18(17)15-30-16-19(20-9-3-6-12-23(20)30)14-26-29-24-27-21-10-4-5-11-22(21)28-24/h1-12,14,16H,15H2,(H2,27,28,29). The normalized spacial score (nSPS) is 11.3. The Kier molecular flexibility index (Phi) is 4.47. The van der Waals surface area contributed by atoms with E-state index in [9.17, 15) is 5.26 Å². The molecule has 6 heteroatoms. The largest absolute Gasteiger partial charge is 0.342 e. The van der Waals surface area contributed by atoms with Crippen LogP contribution in [0.5, 0.6) is 0 Å². The van der Waals surface area contributed by atoms with Crippen LogP contribution in [0.3, 0.4) is 0 Å². The Morgan fingerprint density at radius 1 is 1.03 bits per heavy atom. The van der Waals surface area contributed by atoms with Gasteiger partial charge >= 0.3 is 0 Å². The monoisotopic (exact) mass is 390 g/mol. The SMILES string of the molecule is N#Cc1ccccc1Cn1cc(C=NNc2nc3ccccc3[nH]2)c2ccccc21. The third-order valence-corrected chi connectivity index (χ3v) is 5.06. The molecular weight excluding hydrogens is 372 g/mol. The summed E-state index contributed by atoms with van der Waals surface area (Å²) in [7, 11) is 0. The van der Waals surface area contributed by atoms with Gasteiger partial charge in [0.05, 0.1) is 28.9 Å². The van der Waals surface area contributed by atoms with Crippen LogP contribution in [0.1, 0.15) is 16.7 Å². The number of fused-ring (bicyclic) bond motifs is 2. The van der Waals surface area contributed by atoms with Gasteiger partial charge in [0.2, 0.25) is 5.95 Å². The predicted octanol–water partition coefficient (Wildman–Crippen LogP) is 4.88. The molecule has 0 spiro atoms. The van der Waals surface area contributed by atoms with E-state index >= 15 is 0 Å². The second-order valence-corrected chi connectivity index (χ2v) is 6.97. The molecule has 5 rings (SSSR count). The smallest absolute Gasteiger partial charge is 0.222 e. The molecule has 144 valence electrons. The first-order valence-electron chi connectivity index (χ1n) is 9.61. The van der Waals surface area contributed by atoms with Gasteiger partial charge in [-0.2, -0.15) is 10.4 Å². The van der Waals surface area contributed by atoms with Crippen molar-refractivity contribution in [3.8, 4) is 6.07 Å². The highest BCUT2D eigenvalue weighted by Gasteiger charge is 2.09. The molecule has 2 heterocycles. The number of nitrogens with one attached hydrogen (secondary N) is 2. The topological polar surface area (TPSA) is 81.8 Å². The molecule has 30 heavy (non-hydrogen) atoms. The summed E-state index contributed by atoms with van der Waals surface area (Å²) >= 11 is 0. The molecule has 3 aromatic carbocycles. The molecule has 0 aliphatic carbocycles. The lowest BCUT2D eigenvalue weighted by atomic mass is 10.1. The summed E-state index contributed by atoms with van der Waals surface area (Å²) in [6, 6.07) is 26.0. The van der Waals surface area contributed by atoms with Gasteiger partial charge in [-0.15, -0.1) is 0 Å². The number of imidazole rings is 1. The van der Waals surface area contributed by atoms with Crippen molar-refractivity contribution in [3.63, 3.8) is 0 Å². The number of nitriles is 1. The highest BCUT2D eigenvalue weighted by molar-refractivity contribution is 5.99. The quantitative estimate of drug-likeness (QED) is 0.331. The number of benzene rings is 3. The van der Waals surface area contributed by atoms with Gasteiger partial charge in [0.1, 0.15) is 0 Å². The second kappa shape index (κ2) is 7.57. The van der Waals surface area contributed by atoms with Gasteiger partial charge in [0.15, 0.2) is 0 Å². The summed E-state index contributed by atoms with van der Waals surface area (Å²) in [6.45, 7) is 0.620. The van der Waals surface area contributed by atoms with Crippen molar-refractivity contribution in [2.24, 2.45) is 5.10 Å². The molecule has 0 atom stereocenters. The Labute approximate surface area is 173 Å². The third-order valence-electron chi connectivity index (χ3n) is 5.06. The molecule has 2 aromatic heterocycles. The molecule has 0 aliphatic heterocycles. The van der Waals surface area contributed by atoms with E-state index in [1.54, 1.807) is 6.21 Å². The van der Waals surface area contributed by atoms with E-state index in [-0.39, 0.29) is 0 Å². The van der Waals surface area contributed by atoms with Gasteiger partial charge in [-0.05, 0) is 29.8 Å². The third kappa shape index (κ3) is 3.29. The zero-order chi connectivity index (χ0) is 20.3. The van der Waals surface area contributed by atoms with Crippen molar-refractivity contribution >= 4 is 34.1 Å².